The van der Waals surface area contributed by atoms with E-state index in [1.807, 2.05) is 23.1 Å². The summed E-state index contributed by atoms with van der Waals surface area (Å²) < 4.78 is 10.7. The summed E-state index contributed by atoms with van der Waals surface area (Å²) in [5.41, 5.74) is 7.13. The van der Waals surface area contributed by atoms with E-state index in [0.717, 1.165) is 55.8 Å². The molecule has 2 N–H and O–H groups in total. The van der Waals surface area contributed by atoms with E-state index < -0.39 is 0 Å². The predicted molar refractivity (Wildman–Crippen MR) is 107 cm³/mol. The van der Waals surface area contributed by atoms with E-state index in [2.05, 4.69) is 13.8 Å². The molecule has 148 valence electrons. The van der Waals surface area contributed by atoms with Crippen molar-refractivity contribution in [3.8, 4) is 11.5 Å². The zero-order chi connectivity index (χ0) is 18.4. The van der Waals surface area contributed by atoms with Crippen molar-refractivity contribution in [2.45, 2.75) is 45.6 Å². The molecule has 1 aliphatic rings. The van der Waals surface area contributed by atoms with Gasteiger partial charge in [-0.15, -0.1) is 12.4 Å². The fourth-order valence-electron chi connectivity index (χ4n) is 3.53. The number of hydrogen-bond donors (Lipinski definition) is 1. The number of hydrogen-bond acceptors (Lipinski definition) is 4. The third kappa shape index (κ3) is 6.06. The standard InChI is InChI=1S/C20H32N2O3.ClH/c1-14(2)13-22(20(23)16-6-7-17(21)12-16)10-9-15-5-8-18(24-3)19(11-15)25-4;/h5,8,11,14,16-17H,6-7,9-10,12-13,21H2,1-4H3;1H. The van der Waals surface area contributed by atoms with Gasteiger partial charge in [-0.25, -0.2) is 0 Å². The van der Waals surface area contributed by atoms with Crippen molar-refractivity contribution in [2.24, 2.45) is 17.6 Å². The first-order valence-electron chi connectivity index (χ1n) is 9.19. The third-order valence-electron chi connectivity index (χ3n) is 4.84. The molecule has 2 unspecified atom stereocenters. The van der Waals surface area contributed by atoms with Crippen molar-refractivity contribution in [2.75, 3.05) is 27.3 Å². The first kappa shape index (κ1) is 22.6. The number of halogens is 1. The normalized spacial score (nSPS) is 19.2. The van der Waals surface area contributed by atoms with Crippen molar-refractivity contribution in [3.05, 3.63) is 23.8 Å². The Morgan fingerprint density at radius 3 is 2.46 bits per heavy atom. The second-order valence-electron chi connectivity index (χ2n) is 7.39. The second kappa shape index (κ2) is 10.6. The Kier molecular flexibility index (Phi) is 9.23. The topological polar surface area (TPSA) is 64.8 Å². The first-order valence-corrected chi connectivity index (χ1v) is 9.19. The molecular formula is C20H33ClN2O3. The molecule has 5 nitrogen and oxygen atoms in total. The maximum atomic E-state index is 12.9. The van der Waals surface area contributed by atoms with E-state index in [0.29, 0.717) is 5.92 Å². The number of methoxy groups -OCH3 is 2. The van der Waals surface area contributed by atoms with Gasteiger partial charge in [-0.2, -0.15) is 0 Å². The average molecular weight is 385 g/mol. The van der Waals surface area contributed by atoms with Gasteiger partial charge in [0.15, 0.2) is 11.5 Å². The lowest BCUT2D eigenvalue weighted by molar-refractivity contribution is -0.135. The van der Waals surface area contributed by atoms with Crippen LogP contribution < -0.4 is 15.2 Å². The van der Waals surface area contributed by atoms with Crippen LogP contribution in [0.2, 0.25) is 0 Å². The molecule has 0 saturated heterocycles. The molecule has 0 aromatic heterocycles. The Bertz CT molecular complexity index is 580. The van der Waals surface area contributed by atoms with Gasteiger partial charge in [0.25, 0.3) is 0 Å². The molecule has 1 aromatic carbocycles. The molecule has 0 heterocycles. The van der Waals surface area contributed by atoms with Crippen molar-refractivity contribution in [3.63, 3.8) is 0 Å². The van der Waals surface area contributed by atoms with Crippen LogP contribution >= 0.6 is 12.4 Å². The fourth-order valence-corrected chi connectivity index (χ4v) is 3.53. The van der Waals surface area contributed by atoms with Crippen LogP contribution in [0.4, 0.5) is 0 Å². The van der Waals surface area contributed by atoms with Crippen LogP contribution in [0.1, 0.15) is 38.7 Å². The Morgan fingerprint density at radius 2 is 1.92 bits per heavy atom. The summed E-state index contributed by atoms with van der Waals surface area (Å²) in [5.74, 6) is 2.26. The molecule has 0 aliphatic heterocycles. The second-order valence-corrected chi connectivity index (χ2v) is 7.39. The summed E-state index contributed by atoms with van der Waals surface area (Å²) in [6.45, 7) is 5.81. The van der Waals surface area contributed by atoms with Crippen molar-refractivity contribution in [1.82, 2.24) is 4.90 Å². The van der Waals surface area contributed by atoms with E-state index in [1.165, 1.54) is 0 Å². The molecule has 0 bridgehead atoms. The van der Waals surface area contributed by atoms with Gasteiger partial charge >= 0.3 is 0 Å². The zero-order valence-corrected chi connectivity index (χ0v) is 17.2. The largest absolute Gasteiger partial charge is 0.493 e. The van der Waals surface area contributed by atoms with Crippen LogP contribution in [-0.2, 0) is 11.2 Å². The molecule has 2 rings (SSSR count). The Labute approximate surface area is 163 Å². The summed E-state index contributed by atoms with van der Waals surface area (Å²) in [6, 6.07) is 6.12. The number of rotatable bonds is 8. The van der Waals surface area contributed by atoms with Crippen molar-refractivity contribution in [1.29, 1.82) is 0 Å². The molecule has 0 radical (unpaired) electrons. The summed E-state index contributed by atoms with van der Waals surface area (Å²) in [4.78, 5) is 14.9. The summed E-state index contributed by atoms with van der Waals surface area (Å²) >= 11 is 0. The maximum Gasteiger partial charge on any atom is 0.225 e. The lowest BCUT2D eigenvalue weighted by Crippen LogP contribution is -2.39. The summed E-state index contributed by atoms with van der Waals surface area (Å²) in [6.07, 6.45) is 3.51. The monoisotopic (exact) mass is 384 g/mol. The number of carbonyl (C=O) groups excluding carboxylic acids is 1. The van der Waals surface area contributed by atoms with Gasteiger partial charge in [0.2, 0.25) is 5.91 Å². The highest BCUT2D eigenvalue weighted by atomic mass is 35.5. The highest BCUT2D eigenvalue weighted by Crippen LogP contribution is 2.29. The Balaban J connectivity index is 0.00000338. The van der Waals surface area contributed by atoms with Crippen LogP contribution in [-0.4, -0.2) is 44.2 Å². The quantitative estimate of drug-likeness (QED) is 0.747. The zero-order valence-electron chi connectivity index (χ0n) is 16.4. The van der Waals surface area contributed by atoms with Gasteiger partial charge in [0, 0.05) is 25.0 Å². The SMILES string of the molecule is COc1ccc(CCN(CC(C)C)C(=O)C2CCC(N)C2)cc1OC.Cl. The number of nitrogens with two attached hydrogens (primary N) is 1. The molecular weight excluding hydrogens is 352 g/mol. The molecule has 1 amide bonds. The fraction of sp³-hybridized carbons (Fsp3) is 0.650. The lowest BCUT2D eigenvalue weighted by atomic mass is 10.0. The molecule has 26 heavy (non-hydrogen) atoms. The average Bonchev–Trinajstić information content (AvgIpc) is 3.03. The first-order chi connectivity index (χ1) is 11.9. The van der Waals surface area contributed by atoms with E-state index in [4.69, 9.17) is 15.2 Å². The van der Waals surface area contributed by atoms with E-state index in [1.54, 1.807) is 14.2 Å². The van der Waals surface area contributed by atoms with Crippen LogP contribution in [0.3, 0.4) is 0 Å². The molecule has 1 fully saturated rings. The minimum Gasteiger partial charge on any atom is -0.493 e. The minimum atomic E-state index is 0. The minimum absolute atomic E-state index is 0. The molecule has 6 heteroatoms. The number of carbonyl (C=O) groups is 1. The highest BCUT2D eigenvalue weighted by molar-refractivity contribution is 5.85. The highest BCUT2D eigenvalue weighted by Gasteiger charge is 2.31. The van der Waals surface area contributed by atoms with Crippen LogP contribution in [0.15, 0.2) is 18.2 Å². The lowest BCUT2D eigenvalue weighted by Gasteiger charge is -2.27. The van der Waals surface area contributed by atoms with Gasteiger partial charge < -0.3 is 20.1 Å². The Morgan fingerprint density at radius 1 is 1.23 bits per heavy atom. The Hall–Kier alpha value is -1.46. The van der Waals surface area contributed by atoms with Crippen molar-refractivity contribution >= 4 is 18.3 Å². The number of nitrogens with zero attached hydrogens (tertiary/aromatic N) is 1. The van der Waals surface area contributed by atoms with Crippen LogP contribution in [0.25, 0.3) is 0 Å². The molecule has 1 aromatic rings. The molecule has 1 aliphatic carbocycles. The molecule has 2 atom stereocenters. The summed E-state index contributed by atoms with van der Waals surface area (Å²) in [7, 11) is 3.27. The predicted octanol–water partition coefficient (Wildman–Crippen LogP) is 3.28. The molecule has 1 saturated carbocycles. The van der Waals surface area contributed by atoms with Crippen molar-refractivity contribution < 1.29 is 14.3 Å². The van der Waals surface area contributed by atoms with E-state index in [9.17, 15) is 4.79 Å². The van der Waals surface area contributed by atoms with Crippen LogP contribution in [0, 0.1) is 11.8 Å². The van der Waals surface area contributed by atoms with Gasteiger partial charge in [-0.3, -0.25) is 4.79 Å². The third-order valence-corrected chi connectivity index (χ3v) is 4.84. The summed E-state index contributed by atoms with van der Waals surface area (Å²) in [5, 5.41) is 0. The number of benzene rings is 1. The van der Waals surface area contributed by atoms with E-state index >= 15 is 0 Å². The van der Waals surface area contributed by atoms with Gasteiger partial charge in [-0.1, -0.05) is 19.9 Å². The van der Waals surface area contributed by atoms with Gasteiger partial charge in [0.1, 0.15) is 0 Å². The van der Waals surface area contributed by atoms with Crippen LogP contribution in [0.5, 0.6) is 11.5 Å². The van der Waals surface area contributed by atoms with E-state index in [-0.39, 0.29) is 30.3 Å². The number of amides is 1. The molecule has 0 spiro atoms. The van der Waals surface area contributed by atoms with Gasteiger partial charge in [-0.05, 0) is 49.3 Å². The number of ether oxygens (including phenoxy) is 2. The smallest absolute Gasteiger partial charge is 0.225 e. The van der Waals surface area contributed by atoms with Gasteiger partial charge in [0.05, 0.1) is 14.2 Å². The maximum absolute atomic E-state index is 12.9.